The summed E-state index contributed by atoms with van der Waals surface area (Å²) in [6.07, 6.45) is 1.41. The van der Waals surface area contributed by atoms with Gasteiger partial charge in [0.05, 0.1) is 12.2 Å². The minimum absolute atomic E-state index is 0.173. The molecule has 0 atom stereocenters. The number of aliphatic hydroxyl groups is 1. The van der Waals surface area contributed by atoms with Crippen LogP contribution in [0.1, 0.15) is 16.7 Å². The van der Waals surface area contributed by atoms with Crippen molar-refractivity contribution in [3.05, 3.63) is 52.4 Å². The van der Waals surface area contributed by atoms with Crippen molar-refractivity contribution >= 4 is 17.4 Å². The number of aryl methyl sites for hydroxylation is 1. The molecule has 0 aliphatic heterocycles. The van der Waals surface area contributed by atoms with E-state index in [1.165, 1.54) is 17.5 Å². The highest BCUT2D eigenvalue weighted by Crippen LogP contribution is 2.23. The second-order valence-electron chi connectivity index (χ2n) is 4.47. The molecule has 0 amide bonds. The lowest BCUT2D eigenvalue weighted by Crippen LogP contribution is -2.20. The number of aromatic nitrogens is 2. The van der Waals surface area contributed by atoms with Gasteiger partial charge in [0.15, 0.2) is 0 Å². The fourth-order valence-electron chi connectivity index (χ4n) is 1.89. The van der Waals surface area contributed by atoms with Gasteiger partial charge in [0.1, 0.15) is 17.3 Å². The van der Waals surface area contributed by atoms with Crippen molar-refractivity contribution in [3.63, 3.8) is 0 Å². The molecule has 0 bridgehead atoms. The zero-order valence-corrected chi connectivity index (χ0v) is 11.7. The van der Waals surface area contributed by atoms with E-state index in [0.717, 1.165) is 0 Å². The summed E-state index contributed by atoms with van der Waals surface area (Å²) in [5.41, 5.74) is 2.96. The van der Waals surface area contributed by atoms with Crippen LogP contribution in [0.3, 0.4) is 0 Å². The highest BCUT2D eigenvalue weighted by molar-refractivity contribution is 6.30. The van der Waals surface area contributed by atoms with Crippen LogP contribution in [-0.2, 0) is 13.2 Å². The largest absolute Gasteiger partial charge is 0.391 e. The second-order valence-corrected chi connectivity index (χ2v) is 4.82. The monoisotopic (exact) mass is 277 g/mol. The molecule has 2 rings (SSSR count). The van der Waals surface area contributed by atoms with Crippen LogP contribution in [0.2, 0.25) is 5.15 Å². The third kappa shape index (κ3) is 3.22. The Hall–Kier alpha value is -1.65. The average Bonchev–Trinajstić information content (AvgIpc) is 2.41. The van der Waals surface area contributed by atoms with Crippen LogP contribution < -0.4 is 4.90 Å². The number of anilines is 1. The number of halogens is 1. The molecule has 0 aliphatic rings. The van der Waals surface area contributed by atoms with Gasteiger partial charge in [0.25, 0.3) is 0 Å². The molecule has 0 fully saturated rings. The van der Waals surface area contributed by atoms with Gasteiger partial charge in [0, 0.05) is 13.6 Å². The number of benzene rings is 1. The molecule has 0 saturated carbocycles. The Kier molecular flexibility index (Phi) is 4.35. The molecule has 2 aromatic rings. The zero-order valence-electron chi connectivity index (χ0n) is 11.0. The Morgan fingerprint density at radius 3 is 2.53 bits per heavy atom. The van der Waals surface area contributed by atoms with Crippen molar-refractivity contribution in [2.45, 2.75) is 20.1 Å². The van der Waals surface area contributed by atoms with Crippen LogP contribution in [-0.4, -0.2) is 22.1 Å². The summed E-state index contributed by atoms with van der Waals surface area (Å²) in [6, 6.07) is 8.30. The minimum Gasteiger partial charge on any atom is -0.391 e. The first kappa shape index (κ1) is 13.8. The standard InChI is InChI=1S/C14H16ClN3O/c1-10-3-5-11(6-4-10)7-18(2)14-12(8-19)13(15)16-9-17-14/h3-6,9,19H,7-8H2,1-2H3. The number of hydrogen-bond donors (Lipinski definition) is 1. The van der Waals surface area contributed by atoms with Crippen molar-refractivity contribution in [2.24, 2.45) is 0 Å². The van der Waals surface area contributed by atoms with Gasteiger partial charge in [-0.2, -0.15) is 0 Å². The van der Waals surface area contributed by atoms with E-state index in [-0.39, 0.29) is 6.61 Å². The molecular formula is C14H16ClN3O. The molecular weight excluding hydrogens is 262 g/mol. The lowest BCUT2D eigenvalue weighted by molar-refractivity contribution is 0.281. The maximum absolute atomic E-state index is 9.36. The maximum atomic E-state index is 9.36. The third-order valence-electron chi connectivity index (χ3n) is 2.93. The lowest BCUT2D eigenvalue weighted by Gasteiger charge is -2.20. The highest BCUT2D eigenvalue weighted by Gasteiger charge is 2.13. The summed E-state index contributed by atoms with van der Waals surface area (Å²) in [7, 11) is 1.91. The topological polar surface area (TPSA) is 49.2 Å². The molecule has 100 valence electrons. The SMILES string of the molecule is Cc1ccc(CN(C)c2ncnc(Cl)c2CO)cc1. The van der Waals surface area contributed by atoms with E-state index in [1.807, 2.05) is 11.9 Å². The third-order valence-corrected chi connectivity index (χ3v) is 3.26. The molecule has 1 heterocycles. The molecule has 0 saturated heterocycles. The van der Waals surface area contributed by atoms with Gasteiger partial charge in [-0.25, -0.2) is 9.97 Å². The first-order valence-corrected chi connectivity index (χ1v) is 6.36. The molecule has 0 radical (unpaired) electrons. The van der Waals surface area contributed by atoms with E-state index in [9.17, 15) is 5.11 Å². The molecule has 19 heavy (non-hydrogen) atoms. The van der Waals surface area contributed by atoms with E-state index in [0.29, 0.717) is 23.1 Å². The van der Waals surface area contributed by atoms with E-state index in [4.69, 9.17) is 11.6 Å². The Bertz CT molecular complexity index is 557. The summed E-state index contributed by atoms with van der Waals surface area (Å²) < 4.78 is 0. The first-order chi connectivity index (χ1) is 9.11. The van der Waals surface area contributed by atoms with Crippen molar-refractivity contribution in [3.8, 4) is 0 Å². The summed E-state index contributed by atoms with van der Waals surface area (Å²) in [5.74, 6) is 0.656. The quantitative estimate of drug-likeness (QED) is 0.873. The molecule has 5 heteroatoms. The molecule has 0 spiro atoms. The van der Waals surface area contributed by atoms with Crippen LogP contribution in [0.4, 0.5) is 5.82 Å². The van der Waals surface area contributed by atoms with E-state index < -0.39 is 0 Å². The molecule has 1 aromatic carbocycles. The van der Waals surface area contributed by atoms with Gasteiger partial charge < -0.3 is 10.0 Å². The molecule has 0 unspecified atom stereocenters. The molecule has 4 nitrogen and oxygen atoms in total. The van der Waals surface area contributed by atoms with Crippen molar-refractivity contribution < 1.29 is 5.11 Å². The minimum atomic E-state index is -0.173. The van der Waals surface area contributed by atoms with Crippen LogP contribution in [0.15, 0.2) is 30.6 Å². The van der Waals surface area contributed by atoms with Crippen LogP contribution >= 0.6 is 11.6 Å². The Morgan fingerprint density at radius 2 is 1.89 bits per heavy atom. The van der Waals surface area contributed by atoms with Gasteiger partial charge in [-0.15, -0.1) is 0 Å². The van der Waals surface area contributed by atoms with Crippen LogP contribution in [0.5, 0.6) is 0 Å². The lowest BCUT2D eigenvalue weighted by atomic mass is 10.1. The average molecular weight is 278 g/mol. The van der Waals surface area contributed by atoms with Crippen molar-refractivity contribution in [1.82, 2.24) is 9.97 Å². The van der Waals surface area contributed by atoms with Crippen molar-refractivity contribution in [2.75, 3.05) is 11.9 Å². The Morgan fingerprint density at radius 1 is 1.21 bits per heavy atom. The highest BCUT2D eigenvalue weighted by atomic mass is 35.5. The van der Waals surface area contributed by atoms with Crippen molar-refractivity contribution in [1.29, 1.82) is 0 Å². The maximum Gasteiger partial charge on any atom is 0.140 e. The van der Waals surface area contributed by atoms with Gasteiger partial charge >= 0.3 is 0 Å². The Balaban J connectivity index is 2.22. The van der Waals surface area contributed by atoms with Crippen LogP contribution in [0.25, 0.3) is 0 Å². The summed E-state index contributed by atoms with van der Waals surface area (Å²) in [5, 5.41) is 9.65. The van der Waals surface area contributed by atoms with Gasteiger partial charge in [0.2, 0.25) is 0 Å². The predicted molar refractivity (Wildman–Crippen MR) is 76.3 cm³/mol. The Labute approximate surface area is 117 Å². The summed E-state index contributed by atoms with van der Waals surface area (Å²) in [4.78, 5) is 10.0. The normalized spacial score (nSPS) is 10.5. The van der Waals surface area contributed by atoms with Gasteiger partial charge in [-0.3, -0.25) is 0 Å². The van der Waals surface area contributed by atoms with Crippen LogP contribution in [0, 0.1) is 6.92 Å². The second kappa shape index (κ2) is 5.99. The van der Waals surface area contributed by atoms with E-state index in [1.54, 1.807) is 0 Å². The first-order valence-electron chi connectivity index (χ1n) is 5.98. The number of rotatable bonds is 4. The molecule has 0 aliphatic carbocycles. The van der Waals surface area contributed by atoms with E-state index >= 15 is 0 Å². The van der Waals surface area contributed by atoms with Gasteiger partial charge in [-0.05, 0) is 12.5 Å². The summed E-state index contributed by atoms with van der Waals surface area (Å²) in [6.45, 7) is 2.58. The fourth-order valence-corrected chi connectivity index (χ4v) is 2.08. The summed E-state index contributed by atoms with van der Waals surface area (Å²) >= 11 is 5.96. The number of nitrogens with zero attached hydrogens (tertiary/aromatic N) is 3. The number of aliphatic hydroxyl groups excluding tert-OH is 1. The van der Waals surface area contributed by atoms with E-state index in [2.05, 4.69) is 41.2 Å². The fraction of sp³-hybridized carbons (Fsp3) is 0.286. The smallest absolute Gasteiger partial charge is 0.140 e. The zero-order chi connectivity index (χ0) is 13.8. The predicted octanol–water partition coefficient (Wildman–Crippen LogP) is 2.57. The number of hydrogen-bond acceptors (Lipinski definition) is 4. The van der Waals surface area contributed by atoms with Gasteiger partial charge in [-0.1, -0.05) is 41.4 Å². The molecule has 1 N–H and O–H groups in total. The molecule has 1 aromatic heterocycles.